The number of hydrogen-bond acceptors (Lipinski definition) is 2. The monoisotopic (exact) mass is 247 g/mol. The van der Waals surface area contributed by atoms with Crippen molar-refractivity contribution < 1.29 is 4.74 Å². The summed E-state index contributed by atoms with van der Waals surface area (Å²) in [5, 5.41) is 4.54. The molecule has 1 atom stereocenters. The van der Waals surface area contributed by atoms with Crippen LogP contribution >= 0.6 is 23.2 Å². The fourth-order valence-corrected chi connectivity index (χ4v) is 2.01. The Balaban J connectivity index is 3.04. The van der Waals surface area contributed by atoms with E-state index in [0.717, 1.165) is 12.1 Å². The van der Waals surface area contributed by atoms with Gasteiger partial charge in [0.15, 0.2) is 0 Å². The summed E-state index contributed by atoms with van der Waals surface area (Å²) in [6, 6.07) is 3.77. The topological polar surface area (TPSA) is 21.3 Å². The van der Waals surface area contributed by atoms with Gasteiger partial charge in [-0.3, -0.25) is 0 Å². The van der Waals surface area contributed by atoms with Crippen LogP contribution in [0.4, 0.5) is 0 Å². The summed E-state index contributed by atoms with van der Waals surface area (Å²) in [5.74, 6) is 0.606. The molecule has 1 rings (SSSR count). The number of ether oxygens (including phenoxy) is 1. The van der Waals surface area contributed by atoms with Gasteiger partial charge in [0.05, 0.1) is 12.1 Å². The molecule has 2 nitrogen and oxygen atoms in total. The van der Waals surface area contributed by atoms with Crippen LogP contribution < -0.4 is 10.1 Å². The van der Waals surface area contributed by atoms with E-state index in [-0.39, 0.29) is 6.04 Å². The van der Waals surface area contributed by atoms with Crippen LogP contribution in [0, 0.1) is 0 Å². The van der Waals surface area contributed by atoms with Gasteiger partial charge in [-0.2, -0.15) is 0 Å². The SMILES string of the molecule is CCNC(C)c1cc(Cl)c(OC)cc1Cl. The molecule has 15 heavy (non-hydrogen) atoms. The first-order valence-electron chi connectivity index (χ1n) is 4.86. The largest absolute Gasteiger partial charge is 0.495 e. The molecule has 0 aliphatic carbocycles. The fourth-order valence-electron chi connectivity index (χ4n) is 1.45. The lowest BCUT2D eigenvalue weighted by Crippen LogP contribution is -2.18. The Kier molecular flexibility index (Phi) is 4.71. The minimum atomic E-state index is 0.186. The Labute approximate surface area is 101 Å². The third kappa shape index (κ3) is 3.00. The summed E-state index contributed by atoms with van der Waals surface area (Å²) in [6.07, 6.45) is 0. The molecule has 84 valence electrons. The van der Waals surface area contributed by atoms with Crippen molar-refractivity contribution in [2.24, 2.45) is 0 Å². The van der Waals surface area contributed by atoms with Gasteiger partial charge in [-0.05, 0) is 25.1 Å². The number of nitrogens with one attached hydrogen (secondary N) is 1. The maximum Gasteiger partial charge on any atom is 0.138 e. The van der Waals surface area contributed by atoms with E-state index in [1.807, 2.05) is 13.0 Å². The molecular formula is C11H15Cl2NO. The molecule has 0 bridgehead atoms. The Bertz CT molecular complexity index is 342. The van der Waals surface area contributed by atoms with Gasteiger partial charge in [0.1, 0.15) is 5.75 Å². The summed E-state index contributed by atoms with van der Waals surface area (Å²) < 4.78 is 5.08. The number of halogens is 2. The smallest absolute Gasteiger partial charge is 0.138 e. The zero-order valence-electron chi connectivity index (χ0n) is 9.10. The molecular weight excluding hydrogens is 233 g/mol. The van der Waals surface area contributed by atoms with E-state index in [9.17, 15) is 0 Å². The van der Waals surface area contributed by atoms with Gasteiger partial charge in [0, 0.05) is 17.1 Å². The highest BCUT2D eigenvalue weighted by Crippen LogP contribution is 2.33. The van der Waals surface area contributed by atoms with Crippen molar-refractivity contribution in [1.29, 1.82) is 0 Å². The first-order chi connectivity index (χ1) is 7.10. The molecule has 0 saturated carbocycles. The summed E-state index contributed by atoms with van der Waals surface area (Å²) in [5.41, 5.74) is 0.990. The van der Waals surface area contributed by atoms with Crippen LogP contribution in [-0.4, -0.2) is 13.7 Å². The zero-order valence-corrected chi connectivity index (χ0v) is 10.6. The predicted molar refractivity (Wildman–Crippen MR) is 65.1 cm³/mol. The van der Waals surface area contributed by atoms with Gasteiger partial charge in [0.2, 0.25) is 0 Å². The lowest BCUT2D eigenvalue weighted by molar-refractivity contribution is 0.414. The van der Waals surface area contributed by atoms with Gasteiger partial charge >= 0.3 is 0 Å². The molecule has 0 fully saturated rings. The quantitative estimate of drug-likeness (QED) is 0.877. The molecule has 0 heterocycles. The van der Waals surface area contributed by atoms with Crippen LogP contribution in [0.1, 0.15) is 25.5 Å². The maximum absolute atomic E-state index is 6.13. The number of benzene rings is 1. The standard InChI is InChI=1S/C11H15Cl2NO/c1-4-14-7(2)8-5-10(13)11(15-3)6-9(8)12/h5-7,14H,4H2,1-3H3. The van der Waals surface area contributed by atoms with Gasteiger partial charge in [-0.1, -0.05) is 30.1 Å². The third-order valence-corrected chi connectivity index (χ3v) is 2.87. The van der Waals surface area contributed by atoms with Gasteiger partial charge in [-0.15, -0.1) is 0 Å². The highest BCUT2D eigenvalue weighted by molar-refractivity contribution is 6.34. The molecule has 1 aromatic rings. The average Bonchev–Trinajstić information content (AvgIpc) is 2.21. The van der Waals surface area contributed by atoms with Gasteiger partial charge in [0.25, 0.3) is 0 Å². The minimum Gasteiger partial charge on any atom is -0.495 e. The Morgan fingerprint density at radius 2 is 2.00 bits per heavy atom. The molecule has 0 saturated heterocycles. The number of methoxy groups -OCH3 is 1. The summed E-state index contributed by atoms with van der Waals surface area (Å²) in [4.78, 5) is 0. The second-order valence-electron chi connectivity index (χ2n) is 3.29. The minimum absolute atomic E-state index is 0.186. The van der Waals surface area contributed by atoms with Crippen molar-refractivity contribution >= 4 is 23.2 Å². The zero-order chi connectivity index (χ0) is 11.4. The van der Waals surface area contributed by atoms with Crippen LogP contribution in [0.15, 0.2) is 12.1 Å². The molecule has 0 amide bonds. The maximum atomic E-state index is 6.13. The van der Waals surface area contributed by atoms with Crippen LogP contribution in [-0.2, 0) is 0 Å². The van der Waals surface area contributed by atoms with E-state index >= 15 is 0 Å². The molecule has 0 aliphatic rings. The second kappa shape index (κ2) is 5.59. The van der Waals surface area contributed by atoms with Gasteiger partial charge < -0.3 is 10.1 Å². The van der Waals surface area contributed by atoms with Crippen molar-refractivity contribution in [3.63, 3.8) is 0 Å². The number of rotatable bonds is 4. The Hall–Kier alpha value is -0.440. The second-order valence-corrected chi connectivity index (χ2v) is 4.10. The van der Waals surface area contributed by atoms with Crippen molar-refractivity contribution in [2.45, 2.75) is 19.9 Å². The highest BCUT2D eigenvalue weighted by atomic mass is 35.5. The van der Waals surface area contributed by atoms with Crippen LogP contribution in [0.5, 0.6) is 5.75 Å². The van der Waals surface area contributed by atoms with E-state index < -0.39 is 0 Å². The van der Waals surface area contributed by atoms with Crippen LogP contribution in [0.2, 0.25) is 10.0 Å². The van der Waals surface area contributed by atoms with Crippen molar-refractivity contribution in [2.75, 3.05) is 13.7 Å². The first kappa shape index (κ1) is 12.6. The summed E-state index contributed by atoms with van der Waals surface area (Å²) in [7, 11) is 1.57. The van der Waals surface area contributed by atoms with E-state index in [2.05, 4.69) is 12.2 Å². The van der Waals surface area contributed by atoms with E-state index in [0.29, 0.717) is 15.8 Å². The molecule has 0 spiro atoms. The number of hydrogen-bond donors (Lipinski definition) is 1. The summed E-state index contributed by atoms with van der Waals surface area (Å²) >= 11 is 12.2. The normalized spacial score (nSPS) is 12.6. The lowest BCUT2D eigenvalue weighted by atomic mass is 10.1. The molecule has 1 unspecified atom stereocenters. The molecule has 4 heteroatoms. The van der Waals surface area contributed by atoms with Crippen LogP contribution in [0.3, 0.4) is 0 Å². The van der Waals surface area contributed by atoms with E-state index in [4.69, 9.17) is 27.9 Å². The third-order valence-electron chi connectivity index (χ3n) is 2.25. The van der Waals surface area contributed by atoms with Crippen LogP contribution in [0.25, 0.3) is 0 Å². The predicted octanol–water partition coefficient (Wildman–Crippen LogP) is 3.67. The Morgan fingerprint density at radius 3 is 2.53 bits per heavy atom. The molecule has 1 aromatic carbocycles. The lowest BCUT2D eigenvalue weighted by Gasteiger charge is -2.16. The molecule has 0 radical (unpaired) electrons. The van der Waals surface area contributed by atoms with Crippen molar-refractivity contribution in [3.05, 3.63) is 27.7 Å². The van der Waals surface area contributed by atoms with E-state index in [1.54, 1.807) is 13.2 Å². The average molecular weight is 248 g/mol. The fraction of sp³-hybridized carbons (Fsp3) is 0.455. The highest BCUT2D eigenvalue weighted by Gasteiger charge is 2.12. The first-order valence-corrected chi connectivity index (χ1v) is 5.62. The molecule has 0 aliphatic heterocycles. The van der Waals surface area contributed by atoms with E-state index in [1.165, 1.54) is 0 Å². The molecule has 0 aromatic heterocycles. The van der Waals surface area contributed by atoms with Crippen molar-refractivity contribution in [3.8, 4) is 5.75 Å². The molecule has 1 N–H and O–H groups in total. The summed E-state index contributed by atoms with van der Waals surface area (Å²) in [6.45, 7) is 4.99. The Morgan fingerprint density at radius 1 is 1.33 bits per heavy atom. The van der Waals surface area contributed by atoms with Crippen molar-refractivity contribution in [1.82, 2.24) is 5.32 Å². The van der Waals surface area contributed by atoms with Gasteiger partial charge in [-0.25, -0.2) is 0 Å².